The van der Waals surface area contributed by atoms with E-state index in [2.05, 4.69) is 19.6 Å². The number of hydrogen-bond acceptors (Lipinski definition) is 10. The molecular weight excluding hydrogens is 644 g/mol. The standard InChI is InChI=1S/C38H52O10Si/c1-38(2)47-32(35(48-38)31(20-19-26-15-11-17-30(26)39)46-36(40)27-13-9-8-10-14-27)18-12-16-28-23-29(43-4)24-33(45-25-42-3)34(28)37(41)44-21-22-49(5,6)7/h8-10,12-14,16,19-20,23-24,26,30-32,35,39H,11,15,17-18,21-22,25H2,1-7H3/b16-12+,20-19-/t26?,30?,31?,32-,35+/m0/s1. The maximum Gasteiger partial charge on any atom is 0.342 e. The Morgan fingerprint density at radius 2 is 1.82 bits per heavy atom. The number of carbonyl (C=O) groups excluding carboxylic acids is 2. The van der Waals surface area contributed by atoms with Crippen LogP contribution in [0.15, 0.2) is 60.7 Å². The average Bonchev–Trinajstić information content (AvgIpc) is 3.61. The first kappa shape index (κ1) is 38.3. The molecule has 0 radical (unpaired) electrons. The Kier molecular flexibility index (Phi) is 13.6. The van der Waals surface area contributed by atoms with Crippen molar-refractivity contribution in [2.24, 2.45) is 5.92 Å². The van der Waals surface area contributed by atoms with E-state index in [1.54, 1.807) is 49.6 Å². The van der Waals surface area contributed by atoms with Crippen molar-refractivity contribution >= 4 is 26.1 Å². The van der Waals surface area contributed by atoms with E-state index in [1.165, 1.54) is 7.11 Å². The summed E-state index contributed by atoms with van der Waals surface area (Å²) >= 11 is 0. The Bertz CT molecular complexity index is 1450. The molecule has 2 aliphatic rings. The molecule has 268 valence electrons. The normalized spacial score (nSPS) is 22.8. The molecule has 1 aliphatic heterocycles. The minimum atomic E-state index is -1.44. The van der Waals surface area contributed by atoms with Crippen molar-refractivity contribution in [2.45, 2.75) is 95.4 Å². The maximum absolute atomic E-state index is 13.5. The second-order valence-electron chi connectivity index (χ2n) is 14.1. The van der Waals surface area contributed by atoms with E-state index in [-0.39, 0.29) is 24.0 Å². The van der Waals surface area contributed by atoms with Gasteiger partial charge in [0.25, 0.3) is 0 Å². The SMILES string of the molecule is COCOc1cc(OC)cc(/C=C/C[C@@H]2OC(C)(C)O[C@@H]2C(/C=C\C2CCCC2O)OC(=O)c2ccccc2)c1C(=O)OCC[Si](C)(C)C. The zero-order chi connectivity index (χ0) is 35.6. The van der Waals surface area contributed by atoms with Gasteiger partial charge in [0, 0.05) is 27.2 Å². The van der Waals surface area contributed by atoms with Crippen molar-refractivity contribution in [3.63, 3.8) is 0 Å². The molecule has 11 heteroatoms. The number of carbonyl (C=O) groups is 2. The van der Waals surface area contributed by atoms with Gasteiger partial charge in [0.1, 0.15) is 29.3 Å². The van der Waals surface area contributed by atoms with E-state index in [4.69, 9.17) is 33.2 Å². The van der Waals surface area contributed by atoms with Crippen LogP contribution >= 0.6 is 0 Å². The summed E-state index contributed by atoms with van der Waals surface area (Å²) in [5.74, 6) is -1.19. The van der Waals surface area contributed by atoms with Gasteiger partial charge in [-0.25, -0.2) is 9.59 Å². The lowest BCUT2D eigenvalue weighted by molar-refractivity contribution is -0.152. The minimum absolute atomic E-state index is 0.0295. The van der Waals surface area contributed by atoms with Crippen molar-refractivity contribution in [3.05, 3.63) is 77.4 Å². The van der Waals surface area contributed by atoms with Crippen LogP contribution in [0.25, 0.3) is 6.08 Å². The summed E-state index contributed by atoms with van der Waals surface area (Å²) in [5, 5.41) is 10.5. The average molecular weight is 697 g/mol. The Labute approximate surface area is 291 Å². The van der Waals surface area contributed by atoms with Gasteiger partial charge < -0.3 is 38.3 Å². The van der Waals surface area contributed by atoms with Crippen LogP contribution in [-0.2, 0) is 23.7 Å². The van der Waals surface area contributed by atoms with E-state index in [0.717, 1.165) is 25.3 Å². The molecule has 0 spiro atoms. The van der Waals surface area contributed by atoms with Crippen LogP contribution in [0.1, 0.15) is 65.8 Å². The fraction of sp³-hybridized carbons (Fsp3) is 0.526. The van der Waals surface area contributed by atoms with Crippen LogP contribution in [0.4, 0.5) is 0 Å². The first-order valence-corrected chi connectivity index (χ1v) is 20.7. The van der Waals surface area contributed by atoms with Crippen molar-refractivity contribution in [1.29, 1.82) is 0 Å². The lowest BCUT2D eigenvalue weighted by Gasteiger charge is -2.25. The van der Waals surface area contributed by atoms with Gasteiger partial charge in [0.2, 0.25) is 0 Å². The highest BCUT2D eigenvalue weighted by Gasteiger charge is 2.45. The molecule has 2 fully saturated rings. The van der Waals surface area contributed by atoms with Gasteiger partial charge in [-0.15, -0.1) is 0 Å². The minimum Gasteiger partial charge on any atom is -0.497 e. The topological polar surface area (TPSA) is 119 Å². The van der Waals surface area contributed by atoms with Crippen LogP contribution in [0, 0.1) is 5.92 Å². The Hall–Kier alpha value is -3.48. The molecule has 1 aliphatic carbocycles. The predicted molar refractivity (Wildman–Crippen MR) is 190 cm³/mol. The van der Waals surface area contributed by atoms with Crippen LogP contribution < -0.4 is 9.47 Å². The third kappa shape index (κ3) is 11.3. The highest BCUT2D eigenvalue weighted by atomic mass is 28.3. The van der Waals surface area contributed by atoms with Crippen molar-refractivity contribution in [1.82, 2.24) is 0 Å². The van der Waals surface area contributed by atoms with E-state index < -0.39 is 50.2 Å². The molecule has 49 heavy (non-hydrogen) atoms. The fourth-order valence-electron chi connectivity index (χ4n) is 5.92. The van der Waals surface area contributed by atoms with Gasteiger partial charge in [-0.3, -0.25) is 0 Å². The summed E-state index contributed by atoms with van der Waals surface area (Å²) in [5.41, 5.74) is 1.23. The summed E-state index contributed by atoms with van der Waals surface area (Å²) in [7, 11) is 1.61. The zero-order valence-electron chi connectivity index (χ0n) is 29.8. The lowest BCUT2D eigenvalue weighted by Crippen LogP contribution is -2.37. The number of hydrogen-bond donors (Lipinski definition) is 1. The Morgan fingerprint density at radius 1 is 1.06 bits per heavy atom. The summed E-state index contributed by atoms with van der Waals surface area (Å²) in [6, 6.07) is 13.0. The fourth-order valence-corrected chi connectivity index (χ4v) is 6.63. The van der Waals surface area contributed by atoms with Crippen molar-refractivity contribution in [3.8, 4) is 11.5 Å². The summed E-state index contributed by atoms with van der Waals surface area (Å²) < 4.78 is 40.9. The highest BCUT2D eigenvalue weighted by Crippen LogP contribution is 2.36. The molecule has 10 nitrogen and oxygen atoms in total. The molecule has 1 heterocycles. The lowest BCUT2D eigenvalue weighted by atomic mass is 9.99. The molecule has 5 atom stereocenters. The Balaban J connectivity index is 1.62. The van der Waals surface area contributed by atoms with Crippen molar-refractivity contribution in [2.75, 3.05) is 27.6 Å². The van der Waals surface area contributed by atoms with Crippen LogP contribution in [-0.4, -0.2) is 82.9 Å². The second kappa shape index (κ2) is 17.4. The smallest absolute Gasteiger partial charge is 0.342 e. The molecule has 4 rings (SSSR count). The third-order valence-corrected chi connectivity index (χ3v) is 10.2. The number of methoxy groups -OCH3 is 2. The Morgan fingerprint density at radius 3 is 2.47 bits per heavy atom. The molecule has 1 saturated heterocycles. The molecule has 3 unspecified atom stereocenters. The van der Waals surface area contributed by atoms with Gasteiger partial charge in [0.05, 0.1) is 31.5 Å². The number of benzene rings is 2. The molecule has 2 aromatic rings. The van der Waals surface area contributed by atoms with Crippen LogP contribution in [0.5, 0.6) is 11.5 Å². The quantitative estimate of drug-likeness (QED) is 0.0848. The highest BCUT2D eigenvalue weighted by molar-refractivity contribution is 6.76. The molecule has 2 aromatic carbocycles. The molecule has 0 aromatic heterocycles. The number of aliphatic hydroxyl groups is 1. The summed E-state index contributed by atoms with van der Waals surface area (Å²) in [6.45, 7) is 10.6. The summed E-state index contributed by atoms with van der Waals surface area (Å²) in [4.78, 5) is 26.7. The van der Waals surface area contributed by atoms with Crippen LogP contribution in [0.2, 0.25) is 25.7 Å². The van der Waals surface area contributed by atoms with E-state index in [9.17, 15) is 14.7 Å². The van der Waals surface area contributed by atoms with E-state index in [1.807, 2.05) is 38.1 Å². The van der Waals surface area contributed by atoms with Gasteiger partial charge in [0.15, 0.2) is 12.6 Å². The first-order chi connectivity index (χ1) is 23.3. The molecule has 1 saturated carbocycles. The monoisotopic (exact) mass is 696 g/mol. The van der Waals surface area contributed by atoms with E-state index in [0.29, 0.717) is 29.9 Å². The van der Waals surface area contributed by atoms with Gasteiger partial charge in [-0.05, 0) is 69.0 Å². The maximum atomic E-state index is 13.5. The van der Waals surface area contributed by atoms with Crippen LogP contribution in [0.3, 0.4) is 0 Å². The van der Waals surface area contributed by atoms with Gasteiger partial charge >= 0.3 is 11.9 Å². The van der Waals surface area contributed by atoms with Gasteiger partial charge in [-0.2, -0.15) is 0 Å². The predicted octanol–water partition coefficient (Wildman–Crippen LogP) is 7.04. The first-order valence-electron chi connectivity index (χ1n) is 17.0. The molecular formula is C38H52O10Si. The van der Waals surface area contributed by atoms with Gasteiger partial charge in [-0.1, -0.05) is 62.5 Å². The van der Waals surface area contributed by atoms with E-state index >= 15 is 0 Å². The third-order valence-electron chi connectivity index (χ3n) is 8.51. The summed E-state index contributed by atoms with van der Waals surface area (Å²) in [6.07, 6.45) is 7.95. The number of aliphatic hydroxyl groups excluding tert-OH is 1. The van der Waals surface area contributed by atoms with Crippen molar-refractivity contribution < 1.29 is 47.9 Å². The molecule has 0 bridgehead atoms. The number of rotatable bonds is 16. The second-order valence-corrected chi connectivity index (χ2v) is 19.8. The number of esters is 2. The zero-order valence-corrected chi connectivity index (χ0v) is 30.8. The largest absolute Gasteiger partial charge is 0.497 e. The molecule has 1 N–H and O–H groups in total. The molecule has 0 amide bonds. The number of ether oxygens (including phenoxy) is 7.